The van der Waals surface area contributed by atoms with Gasteiger partial charge in [0.15, 0.2) is 0 Å². The van der Waals surface area contributed by atoms with Crippen LogP contribution < -0.4 is 10.1 Å². The van der Waals surface area contributed by atoms with Gasteiger partial charge in [0.25, 0.3) is 0 Å². The highest BCUT2D eigenvalue weighted by Crippen LogP contribution is 2.34. The lowest BCUT2D eigenvalue weighted by molar-refractivity contribution is 0.414. The highest BCUT2D eigenvalue weighted by Gasteiger charge is 2.07. The monoisotopic (exact) mass is 359 g/mol. The molecule has 0 heterocycles. The molecule has 1 N–H and O–H groups in total. The van der Waals surface area contributed by atoms with E-state index >= 15 is 0 Å². The van der Waals surface area contributed by atoms with Gasteiger partial charge in [-0.3, -0.25) is 0 Å². The minimum atomic E-state index is 0.585. The number of ether oxygens (including phenoxy) is 1. The van der Waals surface area contributed by atoms with Crippen molar-refractivity contribution in [1.29, 1.82) is 0 Å². The van der Waals surface area contributed by atoms with Crippen LogP contribution in [-0.2, 0) is 6.54 Å². The van der Waals surface area contributed by atoms with Gasteiger partial charge in [-0.1, -0.05) is 51.3 Å². The number of nitrogens with one attached hydrogen (secondary N) is 1. The summed E-state index contributed by atoms with van der Waals surface area (Å²) in [5.41, 5.74) is 1.82. The summed E-state index contributed by atoms with van der Waals surface area (Å²) in [5.74, 6) is 0.826. The molecule has 0 unspecified atom stereocenters. The van der Waals surface area contributed by atoms with Crippen molar-refractivity contribution in [1.82, 2.24) is 0 Å². The number of halogens is 3. The predicted molar refractivity (Wildman–Crippen MR) is 84.5 cm³/mol. The summed E-state index contributed by atoms with van der Waals surface area (Å²) >= 11 is 15.7. The van der Waals surface area contributed by atoms with Crippen molar-refractivity contribution in [3.63, 3.8) is 0 Å². The molecule has 100 valence electrons. The van der Waals surface area contributed by atoms with Crippen LogP contribution in [0.25, 0.3) is 0 Å². The Kier molecular flexibility index (Phi) is 4.97. The second-order valence-corrected chi connectivity index (χ2v) is 5.68. The maximum atomic E-state index is 6.16. The van der Waals surface area contributed by atoms with E-state index in [2.05, 4.69) is 21.2 Å². The van der Waals surface area contributed by atoms with E-state index in [9.17, 15) is 0 Å². The molecule has 0 amide bonds. The van der Waals surface area contributed by atoms with Gasteiger partial charge in [-0.15, -0.1) is 0 Å². The maximum Gasteiger partial charge on any atom is 0.119 e. The second-order valence-electron chi connectivity index (χ2n) is 3.95. The van der Waals surface area contributed by atoms with Gasteiger partial charge in [0.1, 0.15) is 5.75 Å². The largest absolute Gasteiger partial charge is 0.497 e. The second kappa shape index (κ2) is 6.51. The lowest BCUT2D eigenvalue weighted by atomic mass is 10.2. The Morgan fingerprint density at radius 1 is 1.16 bits per heavy atom. The van der Waals surface area contributed by atoms with Gasteiger partial charge < -0.3 is 10.1 Å². The summed E-state index contributed by atoms with van der Waals surface area (Å²) in [7, 11) is 1.65. The van der Waals surface area contributed by atoms with Crippen molar-refractivity contribution in [3.8, 4) is 5.75 Å². The molecule has 0 aliphatic rings. The molecular weight excluding hydrogens is 349 g/mol. The van der Waals surface area contributed by atoms with E-state index in [4.69, 9.17) is 27.9 Å². The summed E-state index contributed by atoms with van der Waals surface area (Å²) in [6, 6.07) is 11.4. The van der Waals surface area contributed by atoms with Gasteiger partial charge in [0.05, 0.1) is 22.8 Å². The van der Waals surface area contributed by atoms with Gasteiger partial charge in [-0.25, -0.2) is 0 Å². The Morgan fingerprint density at radius 3 is 2.47 bits per heavy atom. The molecule has 0 aliphatic carbocycles. The van der Waals surface area contributed by atoms with Gasteiger partial charge >= 0.3 is 0 Å². The van der Waals surface area contributed by atoms with E-state index in [0.717, 1.165) is 21.5 Å². The van der Waals surface area contributed by atoms with Gasteiger partial charge in [0.2, 0.25) is 0 Å². The van der Waals surface area contributed by atoms with Gasteiger partial charge in [-0.05, 0) is 29.8 Å². The number of hydrogen-bond donors (Lipinski definition) is 1. The first-order valence-corrected chi connectivity index (χ1v) is 7.16. The average molecular weight is 361 g/mol. The Bertz CT molecular complexity index is 566. The molecule has 5 heteroatoms. The number of hydrogen-bond acceptors (Lipinski definition) is 2. The van der Waals surface area contributed by atoms with Crippen LogP contribution in [0, 0.1) is 0 Å². The van der Waals surface area contributed by atoms with Crippen LogP contribution in [0.5, 0.6) is 5.75 Å². The minimum absolute atomic E-state index is 0.585. The van der Waals surface area contributed by atoms with Crippen LogP contribution in [0.3, 0.4) is 0 Å². The predicted octanol–water partition coefficient (Wildman–Crippen LogP) is 5.38. The summed E-state index contributed by atoms with van der Waals surface area (Å²) in [4.78, 5) is 0. The Hall–Kier alpha value is -0.900. The Labute approximate surface area is 130 Å². The molecule has 2 aromatic rings. The molecule has 0 aromatic heterocycles. The molecule has 2 aromatic carbocycles. The normalized spacial score (nSPS) is 10.3. The van der Waals surface area contributed by atoms with E-state index in [1.807, 2.05) is 24.3 Å². The van der Waals surface area contributed by atoms with E-state index in [0.29, 0.717) is 16.6 Å². The van der Waals surface area contributed by atoms with Crippen molar-refractivity contribution in [3.05, 3.63) is 56.5 Å². The fourth-order valence-electron chi connectivity index (χ4n) is 1.68. The van der Waals surface area contributed by atoms with Crippen LogP contribution in [0.2, 0.25) is 10.0 Å². The fourth-order valence-corrected chi connectivity index (χ4v) is 3.03. The Morgan fingerprint density at radius 2 is 1.84 bits per heavy atom. The van der Waals surface area contributed by atoms with Gasteiger partial charge in [-0.2, -0.15) is 0 Å². The molecular formula is C14H12BrCl2NO. The molecule has 0 radical (unpaired) electrons. The first-order valence-electron chi connectivity index (χ1n) is 5.61. The molecule has 2 rings (SSSR count). The van der Waals surface area contributed by atoms with Crippen LogP contribution in [0.15, 0.2) is 40.9 Å². The molecule has 0 fully saturated rings. The zero-order valence-electron chi connectivity index (χ0n) is 10.2. The standard InChI is InChI=1S/C14H12BrCl2NO/c1-19-11-4-2-3-9(5-11)8-18-14-12(16)6-10(15)7-13(14)17/h2-7,18H,8H2,1H3. The van der Waals surface area contributed by atoms with Crippen molar-refractivity contribution < 1.29 is 4.74 Å². The quantitative estimate of drug-likeness (QED) is 0.790. The first kappa shape index (κ1) is 14.5. The topological polar surface area (TPSA) is 21.3 Å². The fraction of sp³-hybridized carbons (Fsp3) is 0.143. The highest BCUT2D eigenvalue weighted by atomic mass is 79.9. The van der Waals surface area contributed by atoms with Crippen molar-refractivity contribution in [2.75, 3.05) is 12.4 Å². The summed E-state index contributed by atoms with van der Waals surface area (Å²) in [6.07, 6.45) is 0. The SMILES string of the molecule is COc1cccc(CNc2c(Cl)cc(Br)cc2Cl)c1. The molecule has 19 heavy (non-hydrogen) atoms. The first-order chi connectivity index (χ1) is 9.10. The average Bonchev–Trinajstić information content (AvgIpc) is 2.37. The van der Waals surface area contributed by atoms with Crippen molar-refractivity contribution in [2.24, 2.45) is 0 Å². The molecule has 0 bridgehead atoms. The number of rotatable bonds is 4. The van der Waals surface area contributed by atoms with Gasteiger partial charge in [0, 0.05) is 11.0 Å². The number of methoxy groups -OCH3 is 1. The van der Waals surface area contributed by atoms with Crippen LogP contribution in [0.1, 0.15) is 5.56 Å². The molecule has 0 atom stereocenters. The van der Waals surface area contributed by atoms with Crippen LogP contribution in [0.4, 0.5) is 5.69 Å². The minimum Gasteiger partial charge on any atom is -0.497 e. The number of anilines is 1. The molecule has 0 aliphatic heterocycles. The lowest BCUT2D eigenvalue weighted by Gasteiger charge is -2.11. The highest BCUT2D eigenvalue weighted by molar-refractivity contribution is 9.10. The Balaban J connectivity index is 2.14. The third-order valence-corrected chi connectivity index (χ3v) is 3.66. The van der Waals surface area contributed by atoms with E-state index in [1.54, 1.807) is 19.2 Å². The van der Waals surface area contributed by atoms with E-state index in [1.165, 1.54) is 0 Å². The molecule has 0 saturated carbocycles. The summed E-state index contributed by atoms with van der Waals surface area (Å²) < 4.78 is 6.04. The van der Waals surface area contributed by atoms with Crippen LogP contribution >= 0.6 is 39.1 Å². The number of benzene rings is 2. The smallest absolute Gasteiger partial charge is 0.119 e. The zero-order chi connectivity index (χ0) is 13.8. The summed E-state index contributed by atoms with van der Waals surface area (Å²) in [5, 5.41) is 4.41. The maximum absolute atomic E-state index is 6.16. The lowest BCUT2D eigenvalue weighted by Crippen LogP contribution is -2.01. The van der Waals surface area contributed by atoms with Crippen molar-refractivity contribution >= 4 is 44.8 Å². The molecule has 0 saturated heterocycles. The summed E-state index contributed by atoms with van der Waals surface area (Å²) in [6.45, 7) is 0.623. The third-order valence-electron chi connectivity index (χ3n) is 2.61. The molecule has 0 spiro atoms. The zero-order valence-corrected chi connectivity index (χ0v) is 13.3. The van der Waals surface area contributed by atoms with Crippen LogP contribution in [-0.4, -0.2) is 7.11 Å². The van der Waals surface area contributed by atoms with E-state index in [-0.39, 0.29) is 0 Å². The molecule has 2 nitrogen and oxygen atoms in total. The third kappa shape index (κ3) is 3.78. The van der Waals surface area contributed by atoms with Crippen molar-refractivity contribution in [2.45, 2.75) is 6.54 Å². The van der Waals surface area contributed by atoms with E-state index < -0.39 is 0 Å².